The van der Waals surface area contributed by atoms with Crippen LogP contribution in [0.25, 0.3) is 0 Å². The molecule has 0 radical (unpaired) electrons. The number of ether oxygens (including phenoxy) is 1. The van der Waals surface area contributed by atoms with Gasteiger partial charge in [0.2, 0.25) is 5.88 Å². The normalized spacial score (nSPS) is 24.4. The molecule has 1 fully saturated rings. The Morgan fingerprint density at radius 3 is 2.90 bits per heavy atom. The minimum Gasteiger partial charge on any atom is -0.478 e. The maximum Gasteiger partial charge on any atom is 0.203 e. The van der Waals surface area contributed by atoms with Gasteiger partial charge < -0.3 is 4.74 Å². The van der Waals surface area contributed by atoms with E-state index < -0.39 is 0 Å². The fourth-order valence-corrected chi connectivity index (χ4v) is 0.666. The second-order valence-electron chi connectivity index (χ2n) is 3.27. The Labute approximate surface area is 61.0 Å². The lowest BCUT2D eigenvalue weighted by Gasteiger charge is -2.18. The van der Waals surface area contributed by atoms with E-state index in [1.54, 1.807) is 0 Å². The van der Waals surface area contributed by atoms with Crippen LogP contribution < -0.4 is 5.48 Å². The summed E-state index contributed by atoms with van der Waals surface area (Å²) in [5.41, 5.74) is 2.66. The highest BCUT2D eigenvalue weighted by atomic mass is 16.7. The summed E-state index contributed by atoms with van der Waals surface area (Å²) in [5.74, 6) is 0.491. The molecule has 0 atom stereocenters. The van der Waals surface area contributed by atoms with Gasteiger partial charge in [0, 0.05) is 5.41 Å². The van der Waals surface area contributed by atoms with Crippen LogP contribution in [-0.4, -0.2) is 13.2 Å². The van der Waals surface area contributed by atoms with Crippen molar-refractivity contribution < 1.29 is 9.57 Å². The number of hydrogen-bond acceptors (Lipinski definition) is 3. The topological polar surface area (TPSA) is 30.5 Å². The lowest BCUT2D eigenvalue weighted by molar-refractivity contribution is 0.0243. The van der Waals surface area contributed by atoms with E-state index in [2.05, 4.69) is 25.9 Å². The van der Waals surface area contributed by atoms with E-state index in [0.29, 0.717) is 19.1 Å². The second-order valence-corrected chi connectivity index (χ2v) is 3.27. The van der Waals surface area contributed by atoms with Crippen molar-refractivity contribution in [3.63, 3.8) is 0 Å². The molecule has 0 unspecified atom stereocenters. The van der Waals surface area contributed by atoms with Gasteiger partial charge >= 0.3 is 0 Å². The summed E-state index contributed by atoms with van der Waals surface area (Å²) in [5, 5.41) is 0. The number of nitrogens with one attached hydrogen (secondary N) is 1. The molecule has 0 spiro atoms. The monoisotopic (exact) mass is 143 g/mol. The van der Waals surface area contributed by atoms with Crippen molar-refractivity contribution in [2.75, 3.05) is 13.2 Å². The van der Waals surface area contributed by atoms with Gasteiger partial charge in [-0.3, -0.25) is 4.84 Å². The molecule has 0 amide bonds. The van der Waals surface area contributed by atoms with Crippen molar-refractivity contribution >= 4 is 0 Å². The van der Waals surface area contributed by atoms with Crippen LogP contribution in [0.2, 0.25) is 0 Å². The van der Waals surface area contributed by atoms with E-state index in [9.17, 15) is 0 Å². The van der Waals surface area contributed by atoms with Crippen LogP contribution in [0, 0.1) is 5.41 Å². The lowest BCUT2D eigenvalue weighted by atomic mass is 9.97. The molecule has 1 N–H and O–H groups in total. The Morgan fingerprint density at radius 2 is 2.20 bits per heavy atom. The van der Waals surface area contributed by atoms with Gasteiger partial charge in [-0.05, 0) is 6.58 Å². The molecule has 0 aromatic carbocycles. The fraction of sp³-hybridized carbons (Fsp3) is 0.714. The lowest BCUT2D eigenvalue weighted by Crippen LogP contribution is -2.22. The van der Waals surface area contributed by atoms with Gasteiger partial charge in [0.15, 0.2) is 0 Å². The highest BCUT2D eigenvalue weighted by Gasteiger charge is 2.22. The summed E-state index contributed by atoms with van der Waals surface area (Å²) in [4.78, 5) is 5.05. The van der Waals surface area contributed by atoms with Gasteiger partial charge in [-0.25, -0.2) is 5.48 Å². The van der Waals surface area contributed by atoms with Crippen LogP contribution in [0.3, 0.4) is 0 Å². The molecule has 0 saturated carbocycles. The molecular formula is C7H13NO2. The minimum atomic E-state index is 0.0758. The standard InChI is InChI=1S/C7H13NO2/c1-6-8-10-5-7(2,3)4-9-6/h8H,1,4-5H2,2-3H3. The predicted octanol–water partition coefficient (Wildman–Crippen LogP) is 1.04. The zero-order valence-corrected chi connectivity index (χ0v) is 6.44. The maximum absolute atomic E-state index is 5.19. The molecule has 1 aliphatic heterocycles. The van der Waals surface area contributed by atoms with E-state index in [1.807, 2.05) is 0 Å². The summed E-state index contributed by atoms with van der Waals surface area (Å²) in [6.07, 6.45) is 0. The Balaban J connectivity index is 2.48. The molecule has 1 heterocycles. The van der Waals surface area contributed by atoms with E-state index >= 15 is 0 Å². The van der Waals surface area contributed by atoms with Crippen LogP contribution >= 0.6 is 0 Å². The highest BCUT2D eigenvalue weighted by Crippen LogP contribution is 2.18. The SMILES string of the molecule is C=C1NOCC(C)(C)CO1. The second kappa shape index (κ2) is 2.50. The molecule has 1 aliphatic rings. The Hall–Kier alpha value is -0.700. The first-order valence-corrected chi connectivity index (χ1v) is 3.30. The zero-order chi connectivity index (χ0) is 7.61. The molecule has 0 aliphatic carbocycles. The Bertz CT molecular complexity index is 143. The summed E-state index contributed by atoms with van der Waals surface area (Å²) in [7, 11) is 0. The van der Waals surface area contributed by atoms with Crippen LogP contribution in [0.4, 0.5) is 0 Å². The van der Waals surface area contributed by atoms with Crippen LogP contribution in [-0.2, 0) is 9.57 Å². The largest absolute Gasteiger partial charge is 0.478 e. The molecule has 1 rings (SSSR count). The van der Waals surface area contributed by atoms with Gasteiger partial charge in [-0.2, -0.15) is 0 Å². The molecule has 3 nitrogen and oxygen atoms in total. The van der Waals surface area contributed by atoms with Gasteiger partial charge in [-0.15, -0.1) is 0 Å². The van der Waals surface area contributed by atoms with E-state index in [1.165, 1.54) is 0 Å². The summed E-state index contributed by atoms with van der Waals surface area (Å²) in [6.45, 7) is 9.03. The smallest absolute Gasteiger partial charge is 0.203 e. The molecule has 0 aromatic heterocycles. The average molecular weight is 143 g/mol. The van der Waals surface area contributed by atoms with Gasteiger partial charge in [0.05, 0.1) is 13.2 Å². The number of hydrogen-bond donors (Lipinski definition) is 1. The third kappa shape index (κ3) is 1.92. The fourth-order valence-electron chi connectivity index (χ4n) is 0.666. The quantitative estimate of drug-likeness (QED) is 0.549. The van der Waals surface area contributed by atoms with Crippen molar-refractivity contribution in [2.45, 2.75) is 13.8 Å². The molecule has 58 valence electrons. The zero-order valence-electron chi connectivity index (χ0n) is 6.44. The first-order valence-electron chi connectivity index (χ1n) is 3.30. The summed E-state index contributed by atoms with van der Waals surface area (Å²) >= 11 is 0. The number of rotatable bonds is 0. The summed E-state index contributed by atoms with van der Waals surface area (Å²) < 4.78 is 5.19. The molecule has 0 aromatic rings. The van der Waals surface area contributed by atoms with Crippen molar-refractivity contribution in [1.29, 1.82) is 0 Å². The average Bonchev–Trinajstić information content (AvgIpc) is 1.94. The predicted molar refractivity (Wildman–Crippen MR) is 38.0 cm³/mol. The first kappa shape index (κ1) is 7.41. The van der Waals surface area contributed by atoms with Gasteiger partial charge in [0.1, 0.15) is 0 Å². The van der Waals surface area contributed by atoms with E-state index in [-0.39, 0.29) is 5.41 Å². The Kier molecular flexibility index (Phi) is 1.85. The summed E-state index contributed by atoms with van der Waals surface area (Å²) in [6, 6.07) is 0. The molecular weight excluding hydrogens is 130 g/mol. The van der Waals surface area contributed by atoms with E-state index in [0.717, 1.165) is 0 Å². The van der Waals surface area contributed by atoms with Crippen LogP contribution in [0.15, 0.2) is 12.5 Å². The molecule has 3 heteroatoms. The van der Waals surface area contributed by atoms with Gasteiger partial charge in [-0.1, -0.05) is 13.8 Å². The van der Waals surface area contributed by atoms with Crippen molar-refractivity contribution in [3.8, 4) is 0 Å². The van der Waals surface area contributed by atoms with E-state index in [4.69, 9.17) is 9.57 Å². The minimum absolute atomic E-state index is 0.0758. The van der Waals surface area contributed by atoms with Crippen LogP contribution in [0.1, 0.15) is 13.8 Å². The molecule has 0 bridgehead atoms. The maximum atomic E-state index is 5.19. The number of hydroxylamine groups is 1. The third-order valence-electron chi connectivity index (χ3n) is 1.29. The van der Waals surface area contributed by atoms with Gasteiger partial charge in [0.25, 0.3) is 0 Å². The molecule has 10 heavy (non-hydrogen) atoms. The third-order valence-corrected chi connectivity index (χ3v) is 1.29. The van der Waals surface area contributed by atoms with Crippen LogP contribution in [0.5, 0.6) is 0 Å². The first-order chi connectivity index (χ1) is 4.60. The van der Waals surface area contributed by atoms with Crippen molar-refractivity contribution in [3.05, 3.63) is 12.5 Å². The Morgan fingerprint density at radius 1 is 1.50 bits per heavy atom. The van der Waals surface area contributed by atoms with Crippen molar-refractivity contribution in [1.82, 2.24) is 5.48 Å². The molecule has 1 saturated heterocycles. The van der Waals surface area contributed by atoms with Crippen molar-refractivity contribution in [2.24, 2.45) is 5.41 Å². The highest BCUT2D eigenvalue weighted by molar-refractivity contribution is 4.80.